The molecule has 2 aliphatic carbocycles. The molecule has 0 aromatic heterocycles. The molecule has 4 rings (SSSR count). The van der Waals surface area contributed by atoms with Crippen molar-refractivity contribution < 1.29 is 15.6 Å². The van der Waals surface area contributed by atoms with Gasteiger partial charge in [0.05, 0.1) is 12.2 Å². The fourth-order valence-corrected chi connectivity index (χ4v) is 4.01. The molecule has 4 aliphatic rings. The molecule has 0 aromatic rings. The lowest BCUT2D eigenvalue weighted by molar-refractivity contribution is -0.601. The lowest BCUT2D eigenvalue weighted by Crippen LogP contribution is -2.82. The molecule has 2 unspecified atom stereocenters. The molecule has 0 aromatic carbocycles. The Bertz CT molecular complexity index is 227. The summed E-state index contributed by atoms with van der Waals surface area (Å²) in [6.45, 7) is 0.192. The number of hydrogen-bond donors (Lipinski definition) is 2. The van der Waals surface area contributed by atoms with E-state index in [0.717, 1.165) is 37.5 Å². The SMILES string of the molecule is [NH3+]C12C[C@H]3C[C@@H](C1)CC(CO)(C3)O2. The quantitative estimate of drug-likeness (QED) is 0.597. The van der Waals surface area contributed by atoms with Gasteiger partial charge >= 0.3 is 0 Å². The molecule has 0 amide bonds. The van der Waals surface area contributed by atoms with Gasteiger partial charge in [-0.1, -0.05) is 0 Å². The van der Waals surface area contributed by atoms with Crippen LogP contribution in [-0.4, -0.2) is 23.0 Å². The van der Waals surface area contributed by atoms with Crippen LogP contribution in [0.25, 0.3) is 0 Å². The Balaban J connectivity index is 1.95. The fraction of sp³-hybridized carbons (Fsp3) is 1.00. The maximum Gasteiger partial charge on any atom is 0.199 e. The van der Waals surface area contributed by atoms with E-state index in [2.05, 4.69) is 5.73 Å². The zero-order valence-corrected chi connectivity index (χ0v) is 7.96. The average Bonchev–Trinajstić information content (AvgIpc) is 1.99. The Morgan fingerprint density at radius 2 is 1.85 bits per heavy atom. The Kier molecular flexibility index (Phi) is 1.43. The highest BCUT2D eigenvalue weighted by atomic mass is 16.5. The lowest BCUT2D eigenvalue weighted by Gasteiger charge is -2.57. The third kappa shape index (κ3) is 1.07. The van der Waals surface area contributed by atoms with E-state index in [1.165, 1.54) is 6.42 Å². The molecular formula is C10H18NO2+. The van der Waals surface area contributed by atoms with Gasteiger partial charge in [0.2, 0.25) is 0 Å². The van der Waals surface area contributed by atoms with E-state index in [-0.39, 0.29) is 17.9 Å². The minimum atomic E-state index is -0.203. The monoisotopic (exact) mass is 184 g/mol. The number of aliphatic hydroxyl groups is 1. The molecule has 74 valence electrons. The molecule has 2 heterocycles. The van der Waals surface area contributed by atoms with E-state index >= 15 is 0 Å². The van der Waals surface area contributed by atoms with Crippen LogP contribution in [0.2, 0.25) is 0 Å². The number of rotatable bonds is 1. The lowest BCUT2D eigenvalue weighted by atomic mass is 9.60. The highest BCUT2D eigenvalue weighted by Crippen LogP contribution is 2.54. The van der Waals surface area contributed by atoms with Crippen molar-refractivity contribution in [2.24, 2.45) is 11.8 Å². The van der Waals surface area contributed by atoms with E-state index in [4.69, 9.17) is 4.74 Å². The zero-order valence-electron chi connectivity index (χ0n) is 7.96. The van der Waals surface area contributed by atoms with Crippen LogP contribution < -0.4 is 5.73 Å². The predicted molar refractivity (Wildman–Crippen MR) is 46.6 cm³/mol. The third-order valence-electron chi connectivity index (χ3n) is 4.03. The summed E-state index contributed by atoms with van der Waals surface area (Å²) in [4.78, 5) is 0. The van der Waals surface area contributed by atoms with Crippen molar-refractivity contribution in [3.8, 4) is 0 Å². The van der Waals surface area contributed by atoms with Gasteiger partial charge in [-0.25, -0.2) is 0 Å². The smallest absolute Gasteiger partial charge is 0.199 e. The van der Waals surface area contributed by atoms with Crippen LogP contribution in [0.15, 0.2) is 0 Å². The van der Waals surface area contributed by atoms with Crippen molar-refractivity contribution in [1.29, 1.82) is 0 Å². The van der Waals surface area contributed by atoms with Crippen molar-refractivity contribution in [3.63, 3.8) is 0 Å². The Hall–Kier alpha value is -0.120. The van der Waals surface area contributed by atoms with Gasteiger partial charge in [-0.05, 0) is 31.1 Å². The average molecular weight is 184 g/mol. The second-order valence-electron chi connectivity index (χ2n) is 5.41. The summed E-state index contributed by atoms with van der Waals surface area (Å²) in [6, 6.07) is 0. The zero-order chi connectivity index (χ0) is 9.10. The molecule has 13 heavy (non-hydrogen) atoms. The first-order chi connectivity index (χ1) is 6.13. The van der Waals surface area contributed by atoms with Gasteiger partial charge in [0.15, 0.2) is 5.72 Å². The van der Waals surface area contributed by atoms with Crippen LogP contribution in [0, 0.1) is 11.8 Å². The fourth-order valence-electron chi connectivity index (χ4n) is 4.01. The van der Waals surface area contributed by atoms with Gasteiger partial charge in [0, 0.05) is 12.8 Å². The van der Waals surface area contributed by atoms with Crippen molar-refractivity contribution in [2.45, 2.75) is 43.4 Å². The van der Waals surface area contributed by atoms with Crippen molar-refractivity contribution in [3.05, 3.63) is 0 Å². The van der Waals surface area contributed by atoms with E-state index in [1.807, 2.05) is 0 Å². The van der Waals surface area contributed by atoms with Crippen LogP contribution >= 0.6 is 0 Å². The standard InChI is InChI=1S/C10H17NO2/c11-10-4-7-1-8(5-10)3-9(2-7,6-12)13-10/h7-8,12H,1-6,11H2/p+1/t7-,8+,9?,10?. The van der Waals surface area contributed by atoms with Gasteiger partial charge in [-0.15, -0.1) is 0 Å². The van der Waals surface area contributed by atoms with Crippen molar-refractivity contribution in [2.75, 3.05) is 6.61 Å². The van der Waals surface area contributed by atoms with Crippen LogP contribution in [0.1, 0.15) is 32.1 Å². The van der Waals surface area contributed by atoms with Gasteiger partial charge in [0.25, 0.3) is 0 Å². The first-order valence-corrected chi connectivity index (χ1v) is 5.30. The van der Waals surface area contributed by atoms with E-state index in [9.17, 15) is 5.11 Å². The van der Waals surface area contributed by atoms with E-state index < -0.39 is 0 Å². The van der Waals surface area contributed by atoms with E-state index in [0.29, 0.717) is 0 Å². The van der Waals surface area contributed by atoms with Gasteiger partial charge in [-0.2, -0.15) is 0 Å². The summed E-state index contributed by atoms with van der Waals surface area (Å²) in [6.07, 6.45) is 5.72. The van der Waals surface area contributed by atoms with Gasteiger partial charge in [0.1, 0.15) is 0 Å². The van der Waals surface area contributed by atoms with Crippen molar-refractivity contribution in [1.82, 2.24) is 0 Å². The van der Waals surface area contributed by atoms with Gasteiger partial charge in [-0.3, -0.25) is 0 Å². The Morgan fingerprint density at radius 3 is 2.31 bits per heavy atom. The number of ether oxygens (including phenoxy) is 1. The van der Waals surface area contributed by atoms with Crippen LogP contribution in [0.4, 0.5) is 0 Å². The molecule has 0 spiro atoms. The molecule has 2 saturated heterocycles. The second kappa shape index (κ2) is 2.27. The molecule has 0 radical (unpaired) electrons. The number of hydrogen-bond acceptors (Lipinski definition) is 2. The number of aliphatic hydroxyl groups excluding tert-OH is 1. The molecule has 3 heteroatoms. The minimum Gasteiger partial charge on any atom is -0.393 e. The van der Waals surface area contributed by atoms with Crippen LogP contribution in [0.5, 0.6) is 0 Å². The van der Waals surface area contributed by atoms with Crippen LogP contribution in [-0.2, 0) is 4.74 Å². The molecule has 2 aliphatic heterocycles. The van der Waals surface area contributed by atoms with Crippen molar-refractivity contribution >= 4 is 0 Å². The minimum absolute atomic E-state index is 0.146. The van der Waals surface area contributed by atoms with E-state index in [1.54, 1.807) is 0 Å². The highest BCUT2D eigenvalue weighted by Gasteiger charge is 2.59. The first-order valence-electron chi connectivity index (χ1n) is 5.30. The summed E-state index contributed by atoms with van der Waals surface area (Å²) in [7, 11) is 0. The topological polar surface area (TPSA) is 57.1 Å². The summed E-state index contributed by atoms with van der Waals surface area (Å²) in [5.74, 6) is 1.54. The third-order valence-corrected chi connectivity index (χ3v) is 4.03. The maximum absolute atomic E-state index is 9.39. The Morgan fingerprint density at radius 1 is 1.23 bits per heavy atom. The van der Waals surface area contributed by atoms with Crippen LogP contribution in [0.3, 0.4) is 0 Å². The summed E-state index contributed by atoms with van der Waals surface area (Å²) in [5.41, 5.74) is 3.84. The Labute approximate surface area is 78.3 Å². The normalized spacial score (nSPS) is 58.6. The first kappa shape index (κ1) is 8.21. The molecule has 4 N–H and O–H groups in total. The number of quaternary nitrogens is 1. The van der Waals surface area contributed by atoms with Gasteiger partial charge < -0.3 is 15.6 Å². The molecule has 4 bridgehead atoms. The summed E-state index contributed by atoms with van der Waals surface area (Å²) in [5, 5.41) is 9.39. The maximum atomic E-state index is 9.39. The summed E-state index contributed by atoms with van der Waals surface area (Å²) >= 11 is 0. The molecule has 2 saturated carbocycles. The molecule has 3 nitrogen and oxygen atoms in total. The predicted octanol–water partition coefficient (Wildman–Crippen LogP) is -0.104. The molecule has 4 atom stereocenters. The summed E-state index contributed by atoms with van der Waals surface area (Å²) < 4.78 is 5.99. The molecular weight excluding hydrogens is 166 g/mol. The largest absolute Gasteiger partial charge is 0.393 e. The highest BCUT2D eigenvalue weighted by molar-refractivity contribution is 5.03. The second-order valence-corrected chi connectivity index (χ2v) is 5.41. The molecule has 4 fully saturated rings.